The molecule has 2 aromatic carbocycles. The van der Waals surface area contributed by atoms with Crippen molar-refractivity contribution in [1.29, 1.82) is 0 Å². The van der Waals surface area contributed by atoms with E-state index in [4.69, 9.17) is 16.3 Å². The van der Waals surface area contributed by atoms with Crippen molar-refractivity contribution >= 4 is 39.1 Å². The number of sulfonamides is 1. The third-order valence-corrected chi connectivity index (χ3v) is 8.64. The standard InChI is InChI=1S/C29H40ClN3O5S/c1-4-26(29(35)31-23-13-8-9-14-23)32(20-18-22-11-6-5-7-12-22)28(34)15-10-19-33(39(3,36)37)24-16-17-27(38-2)25(30)21-24/h5-7,11-12,16-17,21,23,26H,4,8-10,13-15,18-20H2,1-3H3,(H,31,35). The minimum absolute atomic E-state index is 0.102. The zero-order valence-corrected chi connectivity index (χ0v) is 24.6. The van der Waals surface area contributed by atoms with Crippen molar-refractivity contribution in [2.45, 2.75) is 70.4 Å². The van der Waals surface area contributed by atoms with Gasteiger partial charge < -0.3 is 15.0 Å². The van der Waals surface area contributed by atoms with E-state index >= 15 is 0 Å². The maximum atomic E-state index is 13.6. The van der Waals surface area contributed by atoms with Gasteiger partial charge in [0.1, 0.15) is 11.8 Å². The Morgan fingerprint density at radius 3 is 2.38 bits per heavy atom. The summed E-state index contributed by atoms with van der Waals surface area (Å²) in [6, 6.07) is 14.2. The van der Waals surface area contributed by atoms with Gasteiger partial charge in [-0.2, -0.15) is 0 Å². The first-order chi connectivity index (χ1) is 18.6. The van der Waals surface area contributed by atoms with Gasteiger partial charge in [-0.25, -0.2) is 8.42 Å². The fourth-order valence-electron chi connectivity index (χ4n) is 5.08. The van der Waals surface area contributed by atoms with Crippen LogP contribution in [0.25, 0.3) is 0 Å². The Morgan fingerprint density at radius 2 is 1.79 bits per heavy atom. The van der Waals surface area contributed by atoms with Crippen molar-refractivity contribution in [3.63, 3.8) is 0 Å². The molecule has 0 bridgehead atoms. The summed E-state index contributed by atoms with van der Waals surface area (Å²) in [6.45, 7) is 2.43. The average Bonchev–Trinajstić information content (AvgIpc) is 3.41. The molecule has 8 nitrogen and oxygen atoms in total. The third kappa shape index (κ3) is 8.86. The van der Waals surface area contributed by atoms with Crippen LogP contribution >= 0.6 is 11.6 Å². The van der Waals surface area contributed by atoms with E-state index in [9.17, 15) is 18.0 Å². The first-order valence-corrected chi connectivity index (χ1v) is 15.8. The van der Waals surface area contributed by atoms with E-state index in [-0.39, 0.29) is 37.2 Å². The number of benzene rings is 2. The zero-order chi connectivity index (χ0) is 28.4. The Balaban J connectivity index is 1.72. The minimum atomic E-state index is -3.62. The highest BCUT2D eigenvalue weighted by Crippen LogP contribution is 2.30. The molecule has 0 spiro atoms. The fourth-order valence-corrected chi connectivity index (χ4v) is 6.29. The van der Waals surface area contributed by atoms with Crippen LogP contribution in [0.15, 0.2) is 48.5 Å². The van der Waals surface area contributed by atoms with E-state index in [1.54, 1.807) is 17.0 Å². The van der Waals surface area contributed by atoms with Crippen LogP contribution in [0.4, 0.5) is 5.69 Å². The number of rotatable bonds is 14. The second kappa shape index (κ2) is 14.6. The molecule has 3 rings (SSSR count). The van der Waals surface area contributed by atoms with Gasteiger partial charge in [-0.05, 0) is 55.9 Å². The summed E-state index contributed by atoms with van der Waals surface area (Å²) in [5, 5.41) is 3.45. The molecule has 0 aliphatic heterocycles. The number of hydrogen-bond acceptors (Lipinski definition) is 5. The predicted octanol–water partition coefficient (Wildman–Crippen LogP) is 4.80. The van der Waals surface area contributed by atoms with E-state index in [1.807, 2.05) is 37.3 Å². The van der Waals surface area contributed by atoms with Crippen LogP contribution < -0.4 is 14.4 Å². The number of anilines is 1. The number of amides is 2. The molecule has 1 saturated carbocycles. The van der Waals surface area contributed by atoms with Crippen molar-refractivity contribution in [2.75, 3.05) is 30.8 Å². The molecule has 0 heterocycles. The van der Waals surface area contributed by atoms with Gasteiger partial charge in [0.25, 0.3) is 0 Å². The molecule has 0 aromatic heterocycles. The number of halogens is 1. The van der Waals surface area contributed by atoms with Crippen LogP contribution in [-0.2, 0) is 26.0 Å². The fraction of sp³-hybridized carbons (Fsp3) is 0.517. The Kier molecular flexibility index (Phi) is 11.5. The lowest BCUT2D eigenvalue weighted by Gasteiger charge is -2.32. The number of carbonyl (C=O) groups excluding carboxylic acids is 2. The predicted molar refractivity (Wildman–Crippen MR) is 156 cm³/mol. The monoisotopic (exact) mass is 577 g/mol. The lowest BCUT2D eigenvalue weighted by Crippen LogP contribution is -2.52. The number of ether oxygens (including phenoxy) is 1. The molecule has 1 atom stereocenters. The van der Waals surface area contributed by atoms with Crippen molar-refractivity contribution < 1.29 is 22.7 Å². The molecule has 0 radical (unpaired) electrons. The molecule has 10 heteroatoms. The second-order valence-electron chi connectivity index (χ2n) is 9.99. The van der Waals surface area contributed by atoms with Gasteiger partial charge in [-0.3, -0.25) is 13.9 Å². The summed E-state index contributed by atoms with van der Waals surface area (Å²) >= 11 is 6.23. The number of nitrogens with one attached hydrogen (secondary N) is 1. The molecule has 2 aromatic rings. The number of carbonyl (C=O) groups is 2. The average molecular weight is 578 g/mol. The van der Waals surface area contributed by atoms with E-state index in [1.165, 1.54) is 17.5 Å². The van der Waals surface area contributed by atoms with Crippen molar-refractivity contribution in [3.8, 4) is 5.75 Å². The summed E-state index contributed by atoms with van der Waals surface area (Å²) in [5.74, 6) is 0.164. The highest BCUT2D eigenvalue weighted by Gasteiger charge is 2.30. The molecule has 1 N–H and O–H groups in total. The zero-order valence-electron chi connectivity index (χ0n) is 23.1. The molecule has 1 unspecified atom stereocenters. The number of nitrogens with zero attached hydrogens (tertiary/aromatic N) is 2. The largest absolute Gasteiger partial charge is 0.495 e. The van der Waals surface area contributed by atoms with Crippen molar-refractivity contribution in [2.24, 2.45) is 0 Å². The Morgan fingerprint density at radius 1 is 1.10 bits per heavy atom. The van der Waals surface area contributed by atoms with E-state index in [2.05, 4.69) is 5.32 Å². The Labute approximate surface area is 237 Å². The van der Waals surface area contributed by atoms with E-state index < -0.39 is 16.1 Å². The molecule has 2 amide bonds. The first-order valence-electron chi connectivity index (χ1n) is 13.6. The summed E-state index contributed by atoms with van der Waals surface area (Å²) in [7, 11) is -2.13. The van der Waals surface area contributed by atoms with Crippen molar-refractivity contribution in [3.05, 3.63) is 59.1 Å². The smallest absolute Gasteiger partial charge is 0.243 e. The molecule has 1 aliphatic carbocycles. The van der Waals surface area contributed by atoms with Crippen LogP contribution in [0.3, 0.4) is 0 Å². The van der Waals surface area contributed by atoms with Gasteiger partial charge in [0.2, 0.25) is 21.8 Å². The van der Waals surface area contributed by atoms with Gasteiger partial charge in [-0.1, -0.05) is 61.7 Å². The summed E-state index contributed by atoms with van der Waals surface area (Å²) < 4.78 is 31.6. The first kappa shape index (κ1) is 30.8. The summed E-state index contributed by atoms with van der Waals surface area (Å²) in [5.41, 5.74) is 1.49. The number of hydrogen-bond donors (Lipinski definition) is 1. The molecule has 214 valence electrons. The lowest BCUT2D eigenvalue weighted by molar-refractivity contribution is -0.141. The SMILES string of the molecule is CCC(C(=O)NC1CCCC1)N(CCc1ccccc1)C(=O)CCCN(c1ccc(OC)c(Cl)c1)S(C)(=O)=O. The summed E-state index contributed by atoms with van der Waals surface area (Å²) in [4.78, 5) is 28.5. The van der Waals surface area contributed by atoms with Gasteiger partial charge >= 0.3 is 0 Å². The van der Waals surface area contributed by atoms with Gasteiger partial charge in [-0.15, -0.1) is 0 Å². The maximum absolute atomic E-state index is 13.6. The van der Waals surface area contributed by atoms with E-state index in [0.717, 1.165) is 37.5 Å². The minimum Gasteiger partial charge on any atom is -0.495 e. The van der Waals surface area contributed by atoms with Gasteiger partial charge in [0.05, 0.1) is 24.1 Å². The summed E-state index contributed by atoms with van der Waals surface area (Å²) in [6.07, 6.45) is 6.80. The van der Waals surface area contributed by atoms with Crippen LogP contribution in [0.1, 0.15) is 57.4 Å². The number of methoxy groups -OCH3 is 1. The molecule has 39 heavy (non-hydrogen) atoms. The second-order valence-corrected chi connectivity index (χ2v) is 12.3. The van der Waals surface area contributed by atoms with Gasteiger partial charge in [0.15, 0.2) is 0 Å². The molecule has 0 saturated heterocycles. The normalized spacial score (nSPS) is 14.6. The van der Waals surface area contributed by atoms with Gasteiger partial charge in [0, 0.05) is 25.6 Å². The van der Waals surface area contributed by atoms with E-state index in [0.29, 0.717) is 35.8 Å². The molecule has 1 aliphatic rings. The molecular weight excluding hydrogens is 538 g/mol. The van der Waals surface area contributed by atoms with Crippen LogP contribution in [0.5, 0.6) is 5.75 Å². The van der Waals surface area contributed by atoms with Crippen LogP contribution in [0, 0.1) is 0 Å². The molecular formula is C29H40ClN3O5S. The van der Waals surface area contributed by atoms with Crippen LogP contribution in [0.2, 0.25) is 5.02 Å². The Bertz CT molecular complexity index is 1200. The molecule has 1 fully saturated rings. The topological polar surface area (TPSA) is 96.0 Å². The highest BCUT2D eigenvalue weighted by molar-refractivity contribution is 7.92. The van der Waals surface area contributed by atoms with Crippen molar-refractivity contribution in [1.82, 2.24) is 10.2 Å². The third-order valence-electron chi connectivity index (χ3n) is 7.15. The Hall–Kier alpha value is -2.78. The quantitative estimate of drug-likeness (QED) is 0.348. The van der Waals surface area contributed by atoms with Crippen LogP contribution in [-0.4, -0.2) is 63.7 Å². The maximum Gasteiger partial charge on any atom is 0.243 e. The highest BCUT2D eigenvalue weighted by atomic mass is 35.5. The lowest BCUT2D eigenvalue weighted by atomic mass is 10.1.